The van der Waals surface area contributed by atoms with E-state index in [1.807, 2.05) is 18.2 Å². The van der Waals surface area contributed by atoms with Crippen molar-refractivity contribution in [3.8, 4) is 17.2 Å². The van der Waals surface area contributed by atoms with Gasteiger partial charge in [-0.2, -0.15) is 0 Å². The number of hydrogen-bond acceptors (Lipinski definition) is 8. The summed E-state index contributed by atoms with van der Waals surface area (Å²) in [7, 11) is 4.58. The zero-order valence-corrected chi connectivity index (χ0v) is 23.7. The highest BCUT2D eigenvalue weighted by molar-refractivity contribution is 5.97. The quantitative estimate of drug-likeness (QED) is 0.175. The van der Waals surface area contributed by atoms with Crippen LogP contribution in [0.25, 0.3) is 17.0 Å². The lowest BCUT2D eigenvalue weighted by molar-refractivity contribution is -0.116. The molecule has 2 aromatic carbocycles. The van der Waals surface area contributed by atoms with Crippen LogP contribution in [0.3, 0.4) is 0 Å². The van der Waals surface area contributed by atoms with E-state index < -0.39 is 11.5 Å². The number of fused-ring (bicyclic) bond motifs is 1. The topological polar surface area (TPSA) is 119 Å². The number of benzene rings is 2. The fraction of sp³-hybridized carbons (Fsp3) is 0.367. The summed E-state index contributed by atoms with van der Waals surface area (Å²) in [6.45, 7) is 6.57. The van der Waals surface area contributed by atoms with Gasteiger partial charge in [-0.25, -0.2) is 4.79 Å². The summed E-state index contributed by atoms with van der Waals surface area (Å²) in [4.78, 5) is 39.4. The van der Waals surface area contributed by atoms with Gasteiger partial charge in [-0.3, -0.25) is 9.59 Å². The van der Waals surface area contributed by atoms with Gasteiger partial charge < -0.3 is 34.2 Å². The number of carbonyl (C=O) groups excluding carboxylic acids is 2. The van der Waals surface area contributed by atoms with E-state index in [-0.39, 0.29) is 11.5 Å². The summed E-state index contributed by atoms with van der Waals surface area (Å²) in [6.07, 6.45) is 4.34. The van der Waals surface area contributed by atoms with Crippen molar-refractivity contribution >= 4 is 34.5 Å². The second-order valence-electron chi connectivity index (χ2n) is 8.89. The van der Waals surface area contributed by atoms with Gasteiger partial charge in [0.2, 0.25) is 11.7 Å². The number of nitrogens with one attached hydrogen (secondary N) is 2. The molecule has 0 radical (unpaired) electrons. The molecule has 0 bridgehead atoms. The van der Waals surface area contributed by atoms with E-state index in [4.69, 9.17) is 18.6 Å². The Balaban J connectivity index is 1.46. The van der Waals surface area contributed by atoms with Crippen molar-refractivity contribution in [2.45, 2.75) is 26.7 Å². The van der Waals surface area contributed by atoms with Crippen LogP contribution in [0.5, 0.6) is 17.2 Å². The molecule has 3 aromatic rings. The highest BCUT2D eigenvalue weighted by Crippen LogP contribution is 2.38. The van der Waals surface area contributed by atoms with Crippen LogP contribution in [-0.2, 0) is 4.79 Å². The molecule has 0 aliphatic rings. The molecule has 2 amide bonds. The van der Waals surface area contributed by atoms with Crippen molar-refractivity contribution in [1.29, 1.82) is 0 Å². The first-order chi connectivity index (χ1) is 19.3. The van der Waals surface area contributed by atoms with Crippen LogP contribution in [0.1, 0.15) is 42.6 Å². The molecule has 0 atom stereocenters. The lowest BCUT2D eigenvalue weighted by Crippen LogP contribution is -2.30. The largest absolute Gasteiger partial charge is 0.493 e. The maximum atomic E-state index is 12.6. The van der Waals surface area contributed by atoms with E-state index in [1.165, 1.54) is 27.4 Å². The Labute approximate surface area is 233 Å². The van der Waals surface area contributed by atoms with Crippen LogP contribution < -0.4 is 35.4 Å². The van der Waals surface area contributed by atoms with Gasteiger partial charge in [0.15, 0.2) is 11.5 Å². The Morgan fingerprint density at radius 2 is 1.55 bits per heavy atom. The van der Waals surface area contributed by atoms with Gasteiger partial charge in [-0.05, 0) is 68.7 Å². The second-order valence-corrected chi connectivity index (χ2v) is 8.89. The standard InChI is InChI=1S/C30H37N3O7/c1-6-33(7-2)22-12-11-21-18-23(30(36)40-24(21)19-22)29(35)32-15-9-8-14-31-27(34)13-10-20-16-25(37-3)28(39-5)26(17-20)38-4/h10-13,16-19H,6-9,14-15H2,1-5H3,(H,31,34)(H,32,35)/b13-10+. The maximum absolute atomic E-state index is 12.6. The molecule has 0 saturated carbocycles. The van der Waals surface area contributed by atoms with Crippen molar-refractivity contribution in [2.24, 2.45) is 0 Å². The molecule has 0 fully saturated rings. The predicted molar refractivity (Wildman–Crippen MR) is 156 cm³/mol. The number of ether oxygens (including phenoxy) is 3. The number of methoxy groups -OCH3 is 3. The van der Waals surface area contributed by atoms with Crippen LogP contribution in [0, 0.1) is 0 Å². The van der Waals surface area contributed by atoms with E-state index in [0.717, 1.165) is 24.3 Å². The number of amides is 2. The number of unbranched alkanes of at least 4 members (excludes halogenated alkanes) is 1. The van der Waals surface area contributed by atoms with Gasteiger partial charge in [-0.15, -0.1) is 0 Å². The SMILES string of the molecule is CCN(CC)c1ccc2cc(C(=O)NCCCCNC(=O)/C=C/c3cc(OC)c(OC)c(OC)c3)c(=O)oc2c1. The molecule has 2 N–H and O–H groups in total. The molecule has 0 aliphatic carbocycles. The normalized spacial score (nSPS) is 10.9. The Morgan fingerprint density at radius 1 is 0.900 bits per heavy atom. The highest BCUT2D eigenvalue weighted by atomic mass is 16.5. The molecule has 0 aliphatic heterocycles. The molecule has 0 saturated heterocycles. The molecule has 1 aromatic heterocycles. The first-order valence-electron chi connectivity index (χ1n) is 13.2. The average molecular weight is 552 g/mol. The molecule has 1 heterocycles. The van der Waals surface area contributed by atoms with E-state index in [9.17, 15) is 14.4 Å². The van der Waals surface area contributed by atoms with Gasteiger partial charge in [0.1, 0.15) is 11.1 Å². The molecule has 0 spiro atoms. The smallest absolute Gasteiger partial charge is 0.349 e. The molecule has 10 nitrogen and oxygen atoms in total. The van der Waals surface area contributed by atoms with Gasteiger partial charge in [0.05, 0.1) is 21.3 Å². The lowest BCUT2D eigenvalue weighted by atomic mass is 10.1. The molecule has 3 rings (SSSR count). The Morgan fingerprint density at radius 3 is 2.15 bits per heavy atom. The second kappa shape index (κ2) is 14.6. The van der Waals surface area contributed by atoms with Crippen molar-refractivity contribution < 1.29 is 28.2 Å². The van der Waals surface area contributed by atoms with Gasteiger partial charge in [0, 0.05) is 49.4 Å². The van der Waals surface area contributed by atoms with Crippen LogP contribution in [-0.4, -0.2) is 59.3 Å². The fourth-order valence-electron chi connectivity index (χ4n) is 4.23. The first-order valence-corrected chi connectivity index (χ1v) is 13.2. The summed E-state index contributed by atoms with van der Waals surface area (Å²) < 4.78 is 21.4. The van der Waals surface area contributed by atoms with Crippen molar-refractivity contribution in [3.63, 3.8) is 0 Å². The van der Waals surface area contributed by atoms with Crippen molar-refractivity contribution in [1.82, 2.24) is 10.6 Å². The minimum atomic E-state index is -0.673. The average Bonchev–Trinajstić information content (AvgIpc) is 2.97. The molecule has 40 heavy (non-hydrogen) atoms. The molecular weight excluding hydrogens is 514 g/mol. The Bertz CT molecular complexity index is 1390. The van der Waals surface area contributed by atoms with E-state index in [0.29, 0.717) is 54.1 Å². The number of rotatable bonds is 14. The number of carbonyl (C=O) groups is 2. The molecule has 0 unspecified atom stereocenters. The summed E-state index contributed by atoms with van der Waals surface area (Å²) in [5.74, 6) is 0.728. The fourth-order valence-corrected chi connectivity index (χ4v) is 4.23. The molecule has 214 valence electrons. The summed E-state index contributed by atoms with van der Waals surface area (Å²) in [5, 5.41) is 6.24. The minimum absolute atomic E-state index is 0.0340. The maximum Gasteiger partial charge on any atom is 0.349 e. The zero-order chi connectivity index (χ0) is 29.1. The van der Waals surface area contributed by atoms with Crippen molar-refractivity contribution in [2.75, 3.05) is 52.4 Å². The zero-order valence-electron chi connectivity index (χ0n) is 23.7. The Hall–Kier alpha value is -4.47. The molecule has 10 heteroatoms. The minimum Gasteiger partial charge on any atom is -0.493 e. The van der Waals surface area contributed by atoms with Gasteiger partial charge >= 0.3 is 5.63 Å². The predicted octanol–water partition coefficient (Wildman–Crippen LogP) is 4.00. The Kier molecular flexibility index (Phi) is 11.0. The summed E-state index contributed by atoms with van der Waals surface area (Å²) >= 11 is 0. The van der Waals surface area contributed by atoms with Gasteiger partial charge in [0.25, 0.3) is 5.91 Å². The summed E-state index contributed by atoms with van der Waals surface area (Å²) in [6, 6.07) is 10.7. The first kappa shape index (κ1) is 30.1. The van der Waals surface area contributed by atoms with E-state index >= 15 is 0 Å². The molecular formula is C30H37N3O7. The van der Waals surface area contributed by atoms with Crippen LogP contribution in [0.15, 0.2) is 51.7 Å². The highest BCUT2D eigenvalue weighted by Gasteiger charge is 2.15. The van der Waals surface area contributed by atoms with E-state index in [1.54, 1.807) is 24.3 Å². The van der Waals surface area contributed by atoms with Gasteiger partial charge in [-0.1, -0.05) is 0 Å². The lowest BCUT2D eigenvalue weighted by Gasteiger charge is -2.21. The van der Waals surface area contributed by atoms with Crippen LogP contribution >= 0.6 is 0 Å². The van der Waals surface area contributed by atoms with Crippen molar-refractivity contribution in [3.05, 3.63) is 64.0 Å². The number of nitrogens with zero attached hydrogens (tertiary/aromatic N) is 1. The third-order valence-corrected chi connectivity index (χ3v) is 6.40. The third kappa shape index (κ3) is 7.56. The summed E-state index contributed by atoms with van der Waals surface area (Å²) in [5.41, 5.74) is 1.42. The number of anilines is 1. The number of hydrogen-bond donors (Lipinski definition) is 2. The third-order valence-electron chi connectivity index (χ3n) is 6.40. The monoisotopic (exact) mass is 551 g/mol. The van der Waals surface area contributed by atoms with Crippen LogP contribution in [0.2, 0.25) is 0 Å². The van der Waals surface area contributed by atoms with E-state index in [2.05, 4.69) is 29.4 Å². The van der Waals surface area contributed by atoms with Crippen LogP contribution in [0.4, 0.5) is 5.69 Å².